The van der Waals surface area contributed by atoms with Crippen molar-refractivity contribution in [3.63, 3.8) is 0 Å². The maximum absolute atomic E-state index is 12.8. The summed E-state index contributed by atoms with van der Waals surface area (Å²) < 4.78 is 38.8. The Hall–Kier alpha value is -1.36. The van der Waals surface area contributed by atoms with Gasteiger partial charge in [0.15, 0.2) is 6.29 Å². The smallest absolute Gasteiger partial charge is 0.297 e. The van der Waals surface area contributed by atoms with Crippen LogP contribution in [0.25, 0.3) is 10.1 Å². The van der Waals surface area contributed by atoms with Gasteiger partial charge in [0.05, 0.1) is 10.4 Å². The van der Waals surface area contributed by atoms with Crippen LogP contribution in [0.5, 0.6) is 0 Å². The van der Waals surface area contributed by atoms with Crippen LogP contribution in [-0.4, -0.2) is 6.29 Å². The molecule has 1 heterocycles. The zero-order chi connectivity index (χ0) is 11.9. The fourth-order valence-electron chi connectivity index (χ4n) is 1.61. The lowest BCUT2D eigenvalue weighted by Crippen LogP contribution is -2.06. The van der Waals surface area contributed by atoms with E-state index in [0.29, 0.717) is 4.70 Å². The number of alkyl halides is 3. The number of fused-ring (bicyclic) bond motifs is 1. The van der Waals surface area contributed by atoms with Crippen LogP contribution >= 0.6 is 11.3 Å². The second-order valence-corrected chi connectivity index (χ2v) is 4.54. The van der Waals surface area contributed by atoms with Crippen LogP contribution in [0.1, 0.15) is 20.8 Å². The summed E-state index contributed by atoms with van der Waals surface area (Å²) in [5, 5.41) is 0.111. The number of halogens is 3. The Morgan fingerprint density at radius 2 is 2.00 bits per heavy atom. The van der Waals surface area contributed by atoms with E-state index in [2.05, 4.69) is 0 Å². The topological polar surface area (TPSA) is 17.1 Å². The van der Waals surface area contributed by atoms with Crippen LogP contribution < -0.4 is 0 Å². The molecule has 0 aliphatic rings. The van der Waals surface area contributed by atoms with Gasteiger partial charge in [-0.2, -0.15) is 13.2 Å². The lowest BCUT2D eigenvalue weighted by atomic mass is 10.1. The SMILES string of the molecule is Cc1ccc2sc(C=O)c(C(F)(F)F)c2c1. The van der Waals surface area contributed by atoms with Crippen molar-refractivity contribution < 1.29 is 18.0 Å². The number of hydrogen-bond donors (Lipinski definition) is 0. The number of carbonyl (C=O) groups is 1. The van der Waals surface area contributed by atoms with Crippen LogP contribution in [0.15, 0.2) is 18.2 Å². The monoisotopic (exact) mass is 244 g/mol. The van der Waals surface area contributed by atoms with Crippen molar-refractivity contribution in [2.75, 3.05) is 0 Å². The van der Waals surface area contributed by atoms with E-state index in [1.165, 1.54) is 6.07 Å². The third kappa shape index (κ3) is 1.71. The predicted molar refractivity (Wildman–Crippen MR) is 57.0 cm³/mol. The Balaban J connectivity index is 2.86. The maximum Gasteiger partial charge on any atom is 0.418 e. The third-order valence-electron chi connectivity index (χ3n) is 2.26. The Morgan fingerprint density at radius 3 is 2.56 bits per heavy atom. The quantitative estimate of drug-likeness (QED) is 0.692. The number of hydrogen-bond acceptors (Lipinski definition) is 2. The molecule has 0 amide bonds. The number of benzene rings is 1. The van der Waals surface area contributed by atoms with Gasteiger partial charge >= 0.3 is 6.18 Å². The van der Waals surface area contributed by atoms with E-state index in [1.807, 2.05) is 0 Å². The van der Waals surface area contributed by atoms with Gasteiger partial charge in [-0.05, 0) is 19.1 Å². The molecule has 1 aromatic carbocycles. The van der Waals surface area contributed by atoms with E-state index in [1.54, 1.807) is 19.1 Å². The summed E-state index contributed by atoms with van der Waals surface area (Å²) in [6.07, 6.45) is -4.22. The summed E-state index contributed by atoms with van der Waals surface area (Å²) in [6, 6.07) is 4.80. The standard InChI is InChI=1S/C11H7F3OS/c1-6-2-3-8-7(4-6)10(11(12,13)14)9(5-15)16-8/h2-5H,1H3. The first-order chi connectivity index (χ1) is 7.43. The molecule has 2 aromatic rings. The number of carbonyl (C=O) groups excluding carboxylic acids is 1. The van der Waals surface area contributed by atoms with E-state index < -0.39 is 11.7 Å². The van der Waals surface area contributed by atoms with Crippen molar-refractivity contribution in [1.29, 1.82) is 0 Å². The highest BCUT2D eigenvalue weighted by Crippen LogP contribution is 2.41. The highest BCUT2D eigenvalue weighted by atomic mass is 32.1. The molecule has 0 radical (unpaired) electrons. The fraction of sp³-hybridized carbons (Fsp3) is 0.182. The van der Waals surface area contributed by atoms with Crippen LogP contribution in [0, 0.1) is 6.92 Å². The van der Waals surface area contributed by atoms with Gasteiger partial charge in [-0.25, -0.2) is 0 Å². The average Bonchev–Trinajstić information content (AvgIpc) is 2.54. The zero-order valence-corrected chi connectivity index (χ0v) is 9.08. The minimum atomic E-state index is -4.48. The molecule has 1 aromatic heterocycles. The molecular formula is C11H7F3OS. The van der Waals surface area contributed by atoms with Gasteiger partial charge in [-0.3, -0.25) is 4.79 Å². The van der Waals surface area contributed by atoms with E-state index in [9.17, 15) is 18.0 Å². The molecule has 1 nitrogen and oxygen atoms in total. The molecule has 0 saturated heterocycles. The van der Waals surface area contributed by atoms with E-state index in [0.717, 1.165) is 16.9 Å². The molecule has 16 heavy (non-hydrogen) atoms. The Morgan fingerprint density at radius 1 is 1.31 bits per heavy atom. The van der Waals surface area contributed by atoms with Crippen LogP contribution in [0.4, 0.5) is 13.2 Å². The first-order valence-corrected chi connectivity index (χ1v) is 5.30. The Kier molecular flexibility index (Phi) is 2.50. The Bertz CT molecular complexity index is 554. The molecular weight excluding hydrogens is 237 g/mol. The second-order valence-electron chi connectivity index (χ2n) is 3.46. The zero-order valence-electron chi connectivity index (χ0n) is 8.26. The molecule has 0 unspecified atom stereocenters. The highest BCUT2D eigenvalue weighted by Gasteiger charge is 2.37. The summed E-state index contributed by atoms with van der Waals surface area (Å²) in [4.78, 5) is 10.4. The van der Waals surface area contributed by atoms with Crippen molar-refractivity contribution in [1.82, 2.24) is 0 Å². The van der Waals surface area contributed by atoms with Gasteiger partial charge in [0.1, 0.15) is 0 Å². The molecule has 0 spiro atoms. The van der Waals surface area contributed by atoms with Crippen LogP contribution in [0.2, 0.25) is 0 Å². The summed E-state index contributed by atoms with van der Waals surface area (Å²) in [7, 11) is 0. The largest absolute Gasteiger partial charge is 0.418 e. The second kappa shape index (κ2) is 3.59. The number of rotatable bonds is 1. The van der Waals surface area contributed by atoms with Gasteiger partial charge in [0.2, 0.25) is 0 Å². The molecule has 0 aliphatic carbocycles. The van der Waals surface area contributed by atoms with Crippen molar-refractivity contribution in [2.45, 2.75) is 13.1 Å². The first-order valence-electron chi connectivity index (χ1n) is 4.49. The van der Waals surface area contributed by atoms with Gasteiger partial charge < -0.3 is 0 Å². The van der Waals surface area contributed by atoms with E-state index in [4.69, 9.17) is 0 Å². The van der Waals surface area contributed by atoms with Crippen molar-refractivity contribution in [2.24, 2.45) is 0 Å². The number of thiophene rings is 1. The summed E-state index contributed by atoms with van der Waals surface area (Å²) in [5.41, 5.74) is -0.0700. The number of aldehydes is 1. The highest BCUT2D eigenvalue weighted by molar-refractivity contribution is 7.20. The van der Waals surface area contributed by atoms with E-state index >= 15 is 0 Å². The van der Waals surface area contributed by atoms with Crippen molar-refractivity contribution in [3.05, 3.63) is 34.2 Å². The molecule has 0 bridgehead atoms. The van der Waals surface area contributed by atoms with Crippen LogP contribution in [0.3, 0.4) is 0 Å². The molecule has 2 rings (SSSR count). The normalized spacial score (nSPS) is 12.0. The molecule has 0 aliphatic heterocycles. The minimum Gasteiger partial charge on any atom is -0.297 e. The maximum atomic E-state index is 12.8. The minimum absolute atomic E-state index is 0.111. The fourth-order valence-corrected chi connectivity index (χ4v) is 2.63. The van der Waals surface area contributed by atoms with Gasteiger partial charge in [0, 0.05) is 10.1 Å². The lowest BCUT2D eigenvalue weighted by molar-refractivity contribution is -0.136. The molecule has 0 fully saturated rings. The van der Waals surface area contributed by atoms with Gasteiger partial charge in [0.25, 0.3) is 0 Å². The van der Waals surface area contributed by atoms with Gasteiger partial charge in [-0.1, -0.05) is 11.6 Å². The van der Waals surface area contributed by atoms with Crippen molar-refractivity contribution in [3.8, 4) is 0 Å². The summed E-state index contributed by atoms with van der Waals surface area (Å²) in [5.74, 6) is 0. The third-order valence-corrected chi connectivity index (χ3v) is 3.36. The molecule has 0 saturated carbocycles. The molecule has 0 atom stereocenters. The summed E-state index contributed by atoms with van der Waals surface area (Å²) in [6.45, 7) is 1.72. The van der Waals surface area contributed by atoms with E-state index in [-0.39, 0.29) is 16.5 Å². The lowest BCUT2D eigenvalue weighted by Gasteiger charge is -2.06. The number of aryl methyl sites for hydroxylation is 1. The molecule has 0 N–H and O–H groups in total. The molecule has 84 valence electrons. The summed E-state index contributed by atoms with van der Waals surface area (Å²) >= 11 is 0.871. The van der Waals surface area contributed by atoms with Crippen molar-refractivity contribution >= 4 is 27.7 Å². The Labute approximate surface area is 93.5 Å². The first kappa shape index (κ1) is 11.1. The molecule has 5 heteroatoms. The predicted octanol–water partition coefficient (Wildman–Crippen LogP) is 4.04. The van der Waals surface area contributed by atoms with Crippen LogP contribution in [-0.2, 0) is 6.18 Å². The van der Waals surface area contributed by atoms with Gasteiger partial charge in [-0.15, -0.1) is 11.3 Å². The average molecular weight is 244 g/mol.